The van der Waals surface area contributed by atoms with E-state index in [4.69, 9.17) is 9.47 Å². The molecule has 9 rings (SSSR count). The fraction of sp³-hybridized carbons (Fsp3) is 0.0455. The molecule has 0 unspecified atom stereocenters. The average molecular weight is 639 g/mol. The molecule has 0 aliphatic carbocycles. The molecule has 2 aliphatic rings. The molecule has 0 spiro atoms. The van der Waals surface area contributed by atoms with Gasteiger partial charge in [-0.15, -0.1) is 0 Å². The van der Waals surface area contributed by atoms with Crippen molar-refractivity contribution in [3.05, 3.63) is 163 Å². The second-order valence-electron chi connectivity index (χ2n) is 12.5. The lowest BCUT2D eigenvalue weighted by Gasteiger charge is -2.37. The quantitative estimate of drug-likeness (QED) is 0.180. The van der Waals surface area contributed by atoms with Crippen molar-refractivity contribution in [3.8, 4) is 67.5 Å². The Kier molecular flexibility index (Phi) is 6.54. The molecule has 0 aromatic heterocycles. The standard InChI is InChI=1S/C44H31O3P/c1-28-13-9-11-19-34(28)32-21-23-38-40(25-32)48(45)41-26-33(35-20-12-10-14-29(35)2)22-24-39(41)47-43-37(31-17-7-4-8-18-31)27-36(42(46-38)44(43)48)30-15-5-3-6-16-30/h3-27H,1-2H3. The zero-order valence-electron chi connectivity index (χ0n) is 26.6. The summed E-state index contributed by atoms with van der Waals surface area (Å²) < 4.78 is 30.5. The highest BCUT2D eigenvalue weighted by Gasteiger charge is 2.48. The van der Waals surface area contributed by atoms with Crippen LogP contribution in [0.1, 0.15) is 11.1 Å². The monoisotopic (exact) mass is 638 g/mol. The second kappa shape index (κ2) is 11.0. The van der Waals surface area contributed by atoms with Crippen molar-refractivity contribution in [3.63, 3.8) is 0 Å². The maximum Gasteiger partial charge on any atom is 0.185 e. The Bertz CT molecular complexity index is 2280. The lowest BCUT2D eigenvalue weighted by molar-refractivity contribution is 0.464. The van der Waals surface area contributed by atoms with E-state index in [9.17, 15) is 0 Å². The number of hydrogen-bond donors (Lipinski definition) is 0. The van der Waals surface area contributed by atoms with E-state index in [1.165, 1.54) is 0 Å². The average Bonchev–Trinajstić information content (AvgIpc) is 3.13. The molecule has 0 amide bonds. The minimum absolute atomic E-state index is 0.585. The molecule has 230 valence electrons. The normalized spacial score (nSPS) is 13.4. The van der Waals surface area contributed by atoms with Gasteiger partial charge >= 0.3 is 0 Å². The number of hydrogen-bond acceptors (Lipinski definition) is 3. The summed E-state index contributed by atoms with van der Waals surface area (Å²) in [4.78, 5) is 0. The fourth-order valence-corrected chi connectivity index (χ4v) is 10.4. The minimum Gasteiger partial charge on any atom is -0.455 e. The first kappa shape index (κ1) is 28.6. The zero-order chi connectivity index (χ0) is 32.4. The number of rotatable bonds is 4. The smallest absolute Gasteiger partial charge is 0.185 e. The summed E-state index contributed by atoms with van der Waals surface area (Å²) in [5.41, 5.74) is 10.2. The SMILES string of the molecule is Cc1ccccc1-c1ccc2c(c1)P1(=O)c3cc(-c4ccccc4C)ccc3Oc3c(-c4ccccc4)cc(-c4ccccc4)c(c31)O2. The highest BCUT2D eigenvalue weighted by atomic mass is 31.2. The Labute approximate surface area is 280 Å². The second-order valence-corrected chi connectivity index (χ2v) is 15.1. The van der Waals surface area contributed by atoms with E-state index < -0.39 is 7.14 Å². The van der Waals surface area contributed by atoms with Crippen LogP contribution in [0.15, 0.2) is 152 Å². The summed E-state index contributed by atoms with van der Waals surface area (Å²) in [6.45, 7) is 4.22. The Balaban J connectivity index is 1.40. The van der Waals surface area contributed by atoms with Gasteiger partial charge in [0, 0.05) is 11.1 Å². The molecule has 3 nitrogen and oxygen atoms in total. The Morgan fingerprint density at radius 1 is 0.417 bits per heavy atom. The van der Waals surface area contributed by atoms with Crippen LogP contribution in [0.25, 0.3) is 44.5 Å². The van der Waals surface area contributed by atoms with E-state index in [0.717, 1.165) is 55.6 Å². The van der Waals surface area contributed by atoms with E-state index in [2.05, 4.69) is 92.7 Å². The van der Waals surface area contributed by atoms with Crippen LogP contribution in [-0.2, 0) is 4.57 Å². The molecule has 0 atom stereocenters. The molecule has 0 saturated carbocycles. The lowest BCUT2D eigenvalue weighted by atomic mass is 9.96. The number of benzene rings is 7. The molecule has 0 radical (unpaired) electrons. The van der Waals surface area contributed by atoms with E-state index >= 15 is 4.57 Å². The van der Waals surface area contributed by atoms with Crippen LogP contribution in [-0.4, -0.2) is 0 Å². The summed E-state index contributed by atoms with van der Waals surface area (Å²) in [5, 5.41) is 1.99. The molecule has 4 heteroatoms. The molecule has 0 N–H and O–H groups in total. The molecule has 0 fully saturated rings. The predicted octanol–water partition coefficient (Wildman–Crippen LogP) is 10.8. The predicted molar refractivity (Wildman–Crippen MR) is 197 cm³/mol. The van der Waals surface area contributed by atoms with Crippen molar-refractivity contribution in [1.82, 2.24) is 0 Å². The van der Waals surface area contributed by atoms with E-state index in [-0.39, 0.29) is 0 Å². The van der Waals surface area contributed by atoms with Crippen molar-refractivity contribution < 1.29 is 14.0 Å². The van der Waals surface area contributed by atoms with Crippen molar-refractivity contribution in [2.75, 3.05) is 0 Å². The van der Waals surface area contributed by atoms with Crippen LogP contribution in [0.2, 0.25) is 0 Å². The van der Waals surface area contributed by atoms with Crippen LogP contribution < -0.4 is 25.4 Å². The topological polar surface area (TPSA) is 35.5 Å². The van der Waals surface area contributed by atoms with Crippen LogP contribution >= 0.6 is 7.14 Å². The molecule has 48 heavy (non-hydrogen) atoms. The first-order valence-corrected chi connectivity index (χ1v) is 17.9. The lowest BCUT2D eigenvalue weighted by Crippen LogP contribution is -2.36. The third-order valence-electron chi connectivity index (χ3n) is 9.63. The van der Waals surface area contributed by atoms with Crippen LogP contribution in [0.4, 0.5) is 0 Å². The van der Waals surface area contributed by atoms with Gasteiger partial charge in [-0.1, -0.05) is 121 Å². The van der Waals surface area contributed by atoms with E-state index in [0.29, 0.717) is 38.9 Å². The number of fused-ring (bicyclic) bond motifs is 4. The van der Waals surface area contributed by atoms with Crippen LogP contribution in [0.3, 0.4) is 0 Å². The first-order chi connectivity index (χ1) is 23.5. The Hall–Kier alpha value is -5.63. The Morgan fingerprint density at radius 3 is 1.27 bits per heavy atom. The van der Waals surface area contributed by atoms with Gasteiger partial charge in [-0.25, -0.2) is 0 Å². The number of ether oxygens (including phenoxy) is 2. The summed E-state index contributed by atoms with van der Waals surface area (Å²) in [7, 11) is -3.58. The summed E-state index contributed by atoms with van der Waals surface area (Å²) in [5.74, 6) is 2.38. The molecular weight excluding hydrogens is 607 g/mol. The molecule has 0 saturated heterocycles. The zero-order valence-corrected chi connectivity index (χ0v) is 27.5. The minimum atomic E-state index is -3.58. The molecular formula is C44H31O3P. The van der Waals surface area contributed by atoms with Gasteiger partial charge in [0.2, 0.25) is 0 Å². The summed E-state index contributed by atoms with van der Waals surface area (Å²) in [6, 6.07) is 51.4. The molecule has 7 aromatic carbocycles. The maximum absolute atomic E-state index is 16.7. The van der Waals surface area contributed by atoms with Crippen LogP contribution in [0, 0.1) is 13.8 Å². The fourth-order valence-electron chi connectivity index (χ4n) is 7.21. The molecule has 2 aliphatic heterocycles. The van der Waals surface area contributed by atoms with Gasteiger partial charge in [0.05, 0.1) is 10.6 Å². The van der Waals surface area contributed by atoms with Gasteiger partial charge in [-0.3, -0.25) is 0 Å². The van der Waals surface area contributed by atoms with Gasteiger partial charge in [-0.05, 0) is 88.7 Å². The summed E-state index contributed by atoms with van der Waals surface area (Å²) in [6.07, 6.45) is 0. The van der Waals surface area contributed by atoms with Crippen molar-refractivity contribution in [2.24, 2.45) is 0 Å². The highest BCUT2D eigenvalue weighted by molar-refractivity contribution is 7.86. The largest absolute Gasteiger partial charge is 0.455 e. The van der Waals surface area contributed by atoms with E-state index in [1.807, 2.05) is 72.8 Å². The highest BCUT2D eigenvalue weighted by Crippen LogP contribution is 2.62. The van der Waals surface area contributed by atoms with Gasteiger partial charge in [0.15, 0.2) is 7.14 Å². The van der Waals surface area contributed by atoms with Crippen molar-refractivity contribution in [1.29, 1.82) is 0 Å². The van der Waals surface area contributed by atoms with Crippen molar-refractivity contribution in [2.45, 2.75) is 13.8 Å². The Morgan fingerprint density at radius 2 is 0.833 bits per heavy atom. The molecule has 2 heterocycles. The maximum atomic E-state index is 16.7. The van der Waals surface area contributed by atoms with Crippen molar-refractivity contribution >= 4 is 23.1 Å². The van der Waals surface area contributed by atoms with Gasteiger partial charge in [-0.2, -0.15) is 0 Å². The summed E-state index contributed by atoms with van der Waals surface area (Å²) >= 11 is 0. The molecule has 0 bridgehead atoms. The first-order valence-electron chi connectivity index (χ1n) is 16.2. The van der Waals surface area contributed by atoms with E-state index in [1.54, 1.807) is 0 Å². The third kappa shape index (κ3) is 4.32. The molecule has 7 aromatic rings. The van der Waals surface area contributed by atoms with Gasteiger partial charge < -0.3 is 14.0 Å². The van der Waals surface area contributed by atoms with Gasteiger partial charge in [0.25, 0.3) is 0 Å². The third-order valence-corrected chi connectivity index (χ3v) is 12.7. The number of aryl methyl sites for hydroxylation is 2. The van der Waals surface area contributed by atoms with Gasteiger partial charge in [0.1, 0.15) is 28.3 Å². The van der Waals surface area contributed by atoms with Crippen LogP contribution in [0.5, 0.6) is 23.0 Å².